The van der Waals surface area contributed by atoms with Crippen molar-refractivity contribution in [3.8, 4) is 5.75 Å². The lowest BCUT2D eigenvalue weighted by atomic mass is 10.1. The molecule has 0 atom stereocenters. The van der Waals surface area contributed by atoms with E-state index in [1.165, 1.54) is 5.56 Å². The highest BCUT2D eigenvalue weighted by Gasteiger charge is 2.14. The lowest BCUT2D eigenvalue weighted by Gasteiger charge is -2.18. The van der Waals surface area contributed by atoms with Crippen LogP contribution in [0.4, 0.5) is 0 Å². The Labute approximate surface area is 166 Å². The molecule has 3 aromatic rings. The number of likely N-dealkylation sites (N-methyl/N-ethyl adjacent to an activating group) is 1. The van der Waals surface area contributed by atoms with E-state index in [2.05, 4.69) is 10.1 Å². The number of hydrogen-bond acceptors (Lipinski definition) is 4. The number of aromatic nitrogens is 3. The second kappa shape index (κ2) is 8.42. The van der Waals surface area contributed by atoms with Crippen molar-refractivity contribution in [1.29, 1.82) is 0 Å². The van der Waals surface area contributed by atoms with Crippen molar-refractivity contribution < 1.29 is 9.53 Å². The third-order valence-corrected chi connectivity index (χ3v) is 5.02. The Balaban J connectivity index is 1.54. The molecule has 6 nitrogen and oxygen atoms in total. The first-order valence-electron chi connectivity index (χ1n) is 9.61. The minimum atomic E-state index is 0.100. The smallest absolute Gasteiger partial charge is 0.222 e. The summed E-state index contributed by atoms with van der Waals surface area (Å²) in [6.45, 7) is 9.06. The summed E-state index contributed by atoms with van der Waals surface area (Å²) in [4.78, 5) is 18.9. The van der Waals surface area contributed by atoms with E-state index in [1.54, 1.807) is 4.90 Å². The number of hydrogen-bond donors (Lipinski definition) is 0. The van der Waals surface area contributed by atoms with Crippen LogP contribution in [0.15, 0.2) is 30.3 Å². The standard InChI is InChI=1S/C22H28N4O2/c1-15-6-8-19(9-7-15)28-13-12-25(5)22(27)11-10-20-17(3)23-21-14-16(2)24-26(21)18(20)4/h6-9,14H,10-13H2,1-5H3. The van der Waals surface area contributed by atoms with Crippen LogP contribution in [0, 0.1) is 27.7 Å². The number of fused-ring (bicyclic) bond motifs is 1. The predicted octanol–water partition coefficient (Wildman–Crippen LogP) is 3.43. The summed E-state index contributed by atoms with van der Waals surface area (Å²) >= 11 is 0. The molecule has 6 heteroatoms. The Morgan fingerprint density at radius 2 is 1.86 bits per heavy atom. The fraction of sp³-hybridized carbons (Fsp3) is 0.409. The van der Waals surface area contributed by atoms with E-state index in [4.69, 9.17) is 4.74 Å². The first-order valence-corrected chi connectivity index (χ1v) is 9.61. The molecule has 0 bridgehead atoms. The van der Waals surface area contributed by atoms with Gasteiger partial charge >= 0.3 is 0 Å². The molecule has 0 spiro atoms. The second-order valence-electron chi connectivity index (χ2n) is 7.29. The van der Waals surface area contributed by atoms with Gasteiger partial charge in [-0.25, -0.2) is 9.50 Å². The molecule has 2 aromatic heterocycles. The average Bonchev–Trinajstić information content (AvgIpc) is 3.03. The summed E-state index contributed by atoms with van der Waals surface area (Å²) in [5.41, 5.74) is 6.10. The highest BCUT2D eigenvalue weighted by molar-refractivity contribution is 5.76. The van der Waals surface area contributed by atoms with Crippen molar-refractivity contribution >= 4 is 11.6 Å². The first-order chi connectivity index (χ1) is 13.3. The van der Waals surface area contributed by atoms with Crippen molar-refractivity contribution in [3.05, 3.63) is 58.5 Å². The van der Waals surface area contributed by atoms with Crippen LogP contribution in [0.1, 0.15) is 34.6 Å². The Morgan fingerprint density at radius 1 is 1.14 bits per heavy atom. The van der Waals surface area contributed by atoms with E-state index < -0.39 is 0 Å². The maximum atomic E-state index is 12.5. The van der Waals surface area contributed by atoms with Gasteiger partial charge in [0.1, 0.15) is 12.4 Å². The fourth-order valence-electron chi connectivity index (χ4n) is 3.29. The SMILES string of the molecule is Cc1ccc(OCCN(C)C(=O)CCc2c(C)nc3cc(C)nn3c2C)cc1. The third-order valence-electron chi connectivity index (χ3n) is 5.02. The number of rotatable bonds is 7. The summed E-state index contributed by atoms with van der Waals surface area (Å²) in [5, 5.41) is 4.49. The lowest BCUT2D eigenvalue weighted by molar-refractivity contribution is -0.130. The summed E-state index contributed by atoms with van der Waals surface area (Å²) in [6.07, 6.45) is 1.09. The number of carbonyl (C=O) groups is 1. The summed E-state index contributed by atoms with van der Waals surface area (Å²) < 4.78 is 7.58. The zero-order chi connectivity index (χ0) is 20.3. The van der Waals surface area contributed by atoms with Crippen molar-refractivity contribution in [2.45, 2.75) is 40.5 Å². The van der Waals surface area contributed by atoms with Crippen molar-refractivity contribution in [2.75, 3.05) is 20.2 Å². The van der Waals surface area contributed by atoms with Crippen LogP contribution in [-0.4, -0.2) is 45.6 Å². The number of benzene rings is 1. The van der Waals surface area contributed by atoms with Crippen LogP contribution >= 0.6 is 0 Å². The molecule has 0 fully saturated rings. The molecule has 0 unspecified atom stereocenters. The van der Waals surface area contributed by atoms with E-state index in [1.807, 2.05) is 69.6 Å². The third kappa shape index (κ3) is 4.50. The number of carbonyl (C=O) groups excluding carboxylic acids is 1. The zero-order valence-corrected chi connectivity index (χ0v) is 17.3. The molecule has 0 aliphatic heterocycles. The van der Waals surface area contributed by atoms with E-state index in [9.17, 15) is 4.79 Å². The number of amides is 1. The molecule has 3 rings (SSSR count). The van der Waals surface area contributed by atoms with Crippen LogP contribution in [0.5, 0.6) is 5.75 Å². The van der Waals surface area contributed by atoms with E-state index in [0.717, 1.165) is 34.0 Å². The minimum absolute atomic E-state index is 0.100. The van der Waals surface area contributed by atoms with Crippen LogP contribution in [0.2, 0.25) is 0 Å². The Hall–Kier alpha value is -2.89. The Bertz CT molecular complexity index is 976. The first kappa shape index (κ1) is 19.9. The summed E-state index contributed by atoms with van der Waals surface area (Å²) in [7, 11) is 1.82. The van der Waals surface area contributed by atoms with Crippen LogP contribution in [0.25, 0.3) is 5.65 Å². The van der Waals surface area contributed by atoms with Crippen LogP contribution < -0.4 is 4.74 Å². The second-order valence-corrected chi connectivity index (χ2v) is 7.29. The Morgan fingerprint density at radius 3 is 2.57 bits per heavy atom. The molecule has 1 aromatic carbocycles. The number of ether oxygens (including phenoxy) is 1. The predicted molar refractivity (Wildman–Crippen MR) is 110 cm³/mol. The van der Waals surface area contributed by atoms with Gasteiger partial charge in [0.25, 0.3) is 0 Å². The molecule has 0 N–H and O–H groups in total. The molecule has 0 saturated carbocycles. The molecule has 0 saturated heterocycles. The molecule has 2 heterocycles. The molecule has 1 amide bonds. The Kier molecular flexibility index (Phi) is 5.97. The minimum Gasteiger partial charge on any atom is -0.492 e. The van der Waals surface area contributed by atoms with Crippen LogP contribution in [0.3, 0.4) is 0 Å². The van der Waals surface area contributed by atoms with Gasteiger partial charge in [0, 0.05) is 30.9 Å². The zero-order valence-electron chi connectivity index (χ0n) is 17.3. The molecule has 0 radical (unpaired) electrons. The maximum Gasteiger partial charge on any atom is 0.222 e. The van der Waals surface area contributed by atoms with Crippen molar-refractivity contribution in [1.82, 2.24) is 19.5 Å². The average molecular weight is 380 g/mol. The normalized spacial score (nSPS) is 11.0. The monoisotopic (exact) mass is 380 g/mol. The topological polar surface area (TPSA) is 59.7 Å². The quantitative estimate of drug-likeness (QED) is 0.630. The summed E-state index contributed by atoms with van der Waals surface area (Å²) in [6, 6.07) is 9.89. The van der Waals surface area contributed by atoms with Gasteiger partial charge in [-0.1, -0.05) is 17.7 Å². The van der Waals surface area contributed by atoms with Crippen molar-refractivity contribution in [3.63, 3.8) is 0 Å². The van der Waals surface area contributed by atoms with E-state index >= 15 is 0 Å². The van der Waals surface area contributed by atoms with Gasteiger partial charge in [-0.15, -0.1) is 0 Å². The van der Waals surface area contributed by atoms with E-state index in [-0.39, 0.29) is 5.91 Å². The molecule has 0 aliphatic rings. The van der Waals surface area contributed by atoms with Gasteiger partial charge in [-0.05, 0) is 51.8 Å². The van der Waals surface area contributed by atoms with Gasteiger partial charge in [0.05, 0.1) is 12.2 Å². The highest BCUT2D eigenvalue weighted by Crippen LogP contribution is 2.17. The number of nitrogens with zero attached hydrogens (tertiary/aromatic N) is 4. The molecule has 148 valence electrons. The lowest BCUT2D eigenvalue weighted by Crippen LogP contribution is -2.31. The van der Waals surface area contributed by atoms with Gasteiger partial charge in [0.15, 0.2) is 5.65 Å². The maximum absolute atomic E-state index is 12.5. The number of aryl methyl sites for hydroxylation is 4. The molecule has 28 heavy (non-hydrogen) atoms. The van der Waals surface area contributed by atoms with E-state index in [0.29, 0.717) is 26.0 Å². The highest BCUT2D eigenvalue weighted by atomic mass is 16.5. The molecular formula is C22H28N4O2. The van der Waals surface area contributed by atoms with Crippen molar-refractivity contribution in [2.24, 2.45) is 0 Å². The molecule has 0 aliphatic carbocycles. The van der Waals surface area contributed by atoms with Gasteiger partial charge in [0.2, 0.25) is 5.91 Å². The largest absolute Gasteiger partial charge is 0.492 e. The van der Waals surface area contributed by atoms with Gasteiger partial charge < -0.3 is 9.64 Å². The fourth-order valence-corrected chi connectivity index (χ4v) is 3.29. The van der Waals surface area contributed by atoms with Gasteiger partial charge in [-0.3, -0.25) is 4.79 Å². The van der Waals surface area contributed by atoms with Gasteiger partial charge in [-0.2, -0.15) is 5.10 Å². The summed E-state index contributed by atoms with van der Waals surface area (Å²) in [5.74, 6) is 0.926. The van der Waals surface area contributed by atoms with Crippen LogP contribution in [-0.2, 0) is 11.2 Å². The molecular weight excluding hydrogens is 352 g/mol.